The zero-order chi connectivity index (χ0) is 25.0. The fourth-order valence-electron chi connectivity index (χ4n) is 9.04. The molecule has 37 heavy (non-hydrogen) atoms. The summed E-state index contributed by atoms with van der Waals surface area (Å²) in [5, 5.41) is 10.1. The van der Waals surface area contributed by atoms with Crippen LogP contribution in [0.3, 0.4) is 0 Å². The SMILES string of the molecule is Cn1c(=O)oc2ccc(CNC(=O)c3cc(C(=O)NCC45C6C7C4C4C5C6C74F)n4nccc4n3)cc21. The Morgan fingerprint density at radius 2 is 1.81 bits per heavy atom. The van der Waals surface area contributed by atoms with Crippen LogP contribution in [-0.4, -0.2) is 43.2 Å². The minimum Gasteiger partial charge on any atom is -0.408 e. The Kier molecular flexibility index (Phi) is 3.22. The highest BCUT2D eigenvalue weighted by molar-refractivity contribution is 5.98. The van der Waals surface area contributed by atoms with E-state index in [4.69, 9.17) is 4.42 Å². The Morgan fingerprint density at radius 1 is 1.05 bits per heavy atom. The Hall–Kier alpha value is -4.02. The van der Waals surface area contributed by atoms with Gasteiger partial charge in [-0.3, -0.25) is 14.2 Å². The molecule has 186 valence electrons. The summed E-state index contributed by atoms with van der Waals surface area (Å²) in [6, 6.07) is 8.32. The topological polar surface area (TPSA) is 124 Å². The quantitative estimate of drug-likeness (QED) is 0.411. The number of rotatable bonds is 6. The smallest absolute Gasteiger partial charge is 0.408 e. The molecular weight excluding hydrogens is 479 g/mol. The summed E-state index contributed by atoms with van der Waals surface area (Å²) in [7, 11) is 1.62. The molecule has 11 heteroatoms. The third-order valence-electron chi connectivity index (χ3n) is 10.4. The number of aryl methyl sites for hydroxylation is 1. The van der Waals surface area contributed by atoms with Crippen LogP contribution >= 0.6 is 0 Å². The number of aromatic nitrogens is 4. The van der Waals surface area contributed by atoms with Crippen molar-refractivity contribution in [2.75, 3.05) is 6.54 Å². The number of carbonyl (C=O) groups is 2. The van der Waals surface area contributed by atoms with Crippen molar-refractivity contribution in [3.05, 3.63) is 64.0 Å². The molecule has 0 saturated heterocycles. The molecule has 6 fully saturated rings. The molecule has 2 amide bonds. The number of halogens is 1. The summed E-state index contributed by atoms with van der Waals surface area (Å²) in [6.07, 6.45) is 1.53. The lowest BCUT2D eigenvalue weighted by Gasteiger charge is -3.09. The van der Waals surface area contributed by atoms with Gasteiger partial charge in [-0.2, -0.15) is 5.10 Å². The number of hydrogen-bond donors (Lipinski definition) is 2. The Bertz CT molecular complexity index is 1750. The summed E-state index contributed by atoms with van der Waals surface area (Å²) in [4.78, 5) is 42.3. The predicted octanol–water partition coefficient (Wildman–Crippen LogP) is 1.29. The van der Waals surface area contributed by atoms with Gasteiger partial charge in [0, 0.05) is 50.0 Å². The van der Waals surface area contributed by atoms with Crippen LogP contribution in [0, 0.1) is 40.9 Å². The average molecular weight is 500 g/mol. The Morgan fingerprint density at radius 3 is 2.57 bits per heavy atom. The summed E-state index contributed by atoms with van der Waals surface area (Å²) in [5.74, 6) is 0.882. The van der Waals surface area contributed by atoms with Crippen molar-refractivity contribution >= 4 is 28.6 Å². The number of nitrogens with one attached hydrogen (secondary N) is 2. The van der Waals surface area contributed by atoms with Crippen molar-refractivity contribution in [2.24, 2.45) is 48.0 Å². The van der Waals surface area contributed by atoms with Crippen LogP contribution < -0.4 is 16.4 Å². The van der Waals surface area contributed by atoms with Crippen LogP contribution in [0.2, 0.25) is 0 Å². The highest BCUT2D eigenvalue weighted by atomic mass is 19.1. The van der Waals surface area contributed by atoms with E-state index < -0.39 is 17.3 Å². The molecule has 6 aliphatic rings. The van der Waals surface area contributed by atoms with E-state index in [1.807, 2.05) is 0 Å². The molecule has 0 bridgehead atoms. The molecule has 6 saturated carbocycles. The molecule has 10 nitrogen and oxygen atoms in total. The molecule has 0 atom stereocenters. The van der Waals surface area contributed by atoms with Crippen molar-refractivity contribution in [3.8, 4) is 0 Å². The Labute approximate surface area is 207 Å². The second-order valence-corrected chi connectivity index (χ2v) is 11.3. The molecule has 0 spiro atoms. The predicted molar refractivity (Wildman–Crippen MR) is 125 cm³/mol. The van der Waals surface area contributed by atoms with Crippen molar-refractivity contribution in [1.29, 1.82) is 0 Å². The largest absolute Gasteiger partial charge is 0.419 e. The van der Waals surface area contributed by atoms with E-state index in [0.717, 1.165) is 5.56 Å². The summed E-state index contributed by atoms with van der Waals surface area (Å²) in [6.45, 7) is 0.755. The van der Waals surface area contributed by atoms with Gasteiger partial charge in [-0.1, -0.05) is 6.07 Å². The van der Waals surface area contributed by atoms with Crippen LogP contribution in [0.5, 0.6) is 0 Å². The van der Waals surface area contributed by atoms with Gasteiger partial charge in [-0.05, 0) is 40.9 Å². The number of amides is 2. The van der Waals surface area contributed by atoms with E-state index in [0.29, 0.717) is 41.0 Å². The monoisotopic (exact) mass is 500 g/mol. The summed E-state index contributed by atoms with van der Waals surface area (Å²) >= 11 is 0. The van der Waals surface area contributed by atoms with Gasteiger partial charge in [0.25, 0.3) is 11.8 Å². The second-order valence-electron chi connectivity index (χ2n) is 11.3. The normalized spacial score (nSPS) is 36.6. The molecule has 10 rings (SSSR count). The molecule has 2 N–H and O–H groups in total. The number of carbonyl (C=O) groups excluding carboxylic acids is 2. The second kappa shape index (κ2) is 5.92. The zero-order valence-corrected chi connectivity index (χ0v) is 19.6. The van der Waals surface area contributed by atoms with Gasteiger partial charge in [0.05, 0.1) is 11.7 Å². The fraction of sp³-hybridized carbons (Fsp3) is 0.423. The minimum absolute atomic E-state index is 0.103. The van der Waals surface area contributed by atoms with Gasteiger partial charge in [0.2, 0.25) is 0 Å². The molecule has 0 unspecified atom stereocenters. The van der Waals surface area contributed by atoms with E-state index in [1.165, 1.54) is 21.3 Å². The lowest BCUT2D eigenvalue weighted by molar-refractivity contribution is -0.645. The molecule has 0 aliphatic heterocycles. The first-order valence-electron chi connectivity index (χ1n) is 12.5. The maximum atomic E-state index is 14.6. The third kappa shape index (κ3) is 1.93. The van der Waals surface area contributed by atoms with Crippen LogP contribution in [0.25, 0.3) is 16.7 Å². The number of nitrogens with zero attached hydrogens (tertiary/aromatic N) is 4. The summed E-state index contributed by atoms with van der Waals surface area (Å²) in [5.41, 5.74) is 1.88. The number of alkyl halides is 1. The highest BCUT2D eigenvalue weighted by Gasteiger charge is 3.10. The van der Waals surface area contributed by atoms with Gasteiger partial charge >= 0.3 is 5.76 Å². The maximum Gasteiger partial charge on any atom is 0.419 e. The zero-order valence-electron chi connectivity index (χ0n) is 19.6. The lowest BCUT2D eigenvalue weighted by Crippen LogP contribution is -3.12. The minimum atomic E-state index is -0.846. The van der Waals surface area contributed by atoms with Gasteiger partial charge in [0.15, 0.2) is 11.2 Å². The van der Waals surface area contributed by atoms with Crippen LogP contribution in [-0.2, 0) is 13.6 Å². The van der Waals surface area contributed by atoms with Gasteiger partial charge in [-0.25, -0.2) is 18.7 Å². The van der Waals surface area contributed by atoms with Crippen molar-refractivity contribution in [3.63, 3.8) is 0 Å². The lowest BCUT2D eigenvalue weighted by atomic mass is 8.95. The van der Waals surface area contributed by atoms with Crippen molar-refractivity contribution in [1.82, 2.24) is 29.8 Å². The first-order chi connectivity index (χ1) is 17.9. The van der Waals surface area contributed by atoms with Gasteiger partial charge in [-0.15, -0.1) is 0 Å². The van der Waals surface area contributed by atoms with Crippen LogP contribution in [0.1, 0.15) is 26.5 Å². The molecule has 1 aromatic carbocycles. The fourth-order valence-corrected chi connectivity index (χ4v) is 9.04. The van der Waals surface area contributed by atoms with Crippen LogP contribution in [0.15, 0.2) is 45.7 Å². The van der Waals surface area contributed by atoms with Crippen molar-refractivity contribution in [2.45, 2.75) is 12.2 Å². The molecule has 6 aliphatic carbocycles. The number of hydrogen-bond acceptors (Lipinski definition) is 6. The first-order valence-corrected chi connectivity index (χ1v) is 12.5. The standard InChI is InChI=1S/C26H21FN6O4/c1-32-12-6-10(2-3-14(12)37-24(32)36)8-28-22(34)11-7-13(33-15(31-11)4-5-30-33)23(35)29-9-25-16-19-17(25)21-18(25)20(16)26(19,21)27/h2-7,16-21H,8-9H2,1H3,(H,28,34)(H,29,35). The van der Waals surface area contributed by atoms with Crippen LogP contribution in [0.4, 0.5) is 4.39 Å². The molecule has 4 aromatic rings. The van der Waals surface area contributed by atoms with E-state index >= 15 is 0 Å². The molecule has 3 aromatic heterocycles. The molecule has 0 radical (unpaired) electrons. The number of fused-ring (bicyclic) bond motifs is 2. The first kappa shape index (κ1) is 20.1. The highest BCUT2D eigenvalue weighted by Crippen LogP contribution is 3.07. The third-order valence-corrected chi connectivity index (χ3v) is 10.4. The van der Waals surface area contributed by atoms with Gasteiger partial charge < -0.3 is 15.1 Å². The van der Waals surface area contributed by atoms with E-state index in [9.17, 15) is 18.8 Å². The van der Waals surface area contributed by atoms with E-state index in [-0.39, 0.29) is 47.0 Å². The average Bonchev–Trinajstić information content (AvgIpc) is 3.50. The number of benzene rings is 1. The van der Waals surface area contributed by atoms with E-state index in [2.05, 4.69) is 20.7 Å². The Balaban J connectivity index is 0.936. The van der Waals surface area contributed by atoms with E-state index in [1.54, 1.807) is 31.3 Å². The summed E-state index contributed by atoms with van der Waals surface area (Å²) < 4.78 is 22.6. The number of oxazole rings is 1. The molecular formula is C26H21FN6O4. The van der Waals surface area contributed by atoms with Crippen molar-refractivity contribution < 1.29 is 18.4 Å². The maximum absolute atomic E-state index is 14.6. The van der Waals surface area contributed by atoms with Gasteiger partial charge in [0.1, 0.15) is 17.1 Å². The molecule has 3 heterocycles.